The average molecular weight is 236 g/mol. The Labute approximate surface area is 91.5 Å². The zero-order valence-electron chi connectivity index (χ0n) is 9.05. The maximum Gasteiger partial charge on any atom is 0.330 e. The minimum atomic E-state index is -2.07. The minimum Gasteiger partial charge on any atom is -0.460 e. The second kappa shape index (κ2) is 8.58. The fraction of sp³-hybridized carbons (Fsp3) is 0.700. The summed E-state index contributed by atoms with van der Waals surface area (Å²) in [6.45, 7) is 5.09. The third kappa shape index (κ3) is 9.59. The predicted molar refractivity (Wildman–Crippen MR) is 59.0 cm³/mol. The van der Waals surface area contributed by atoms with Crippen LogP contribution in [0, 0.1) is 0 Å². The maximum atomic E-state index is 11.8. The van der Waals surface area contributed by atoms with E-state index < -0.39 is 21.5 Å². The minimum absolute atomic E-state index is 0.149. The van der Waals surface area contributed by atoms with Gasteiger partial charge in [0.05, 0.1) is 6.10 Å². The van der Waals surface area contributed by atoms with Crippen molar-refractivity contribution < 1.29 is 18.3 Å². The van der Waals surface area contributed by atoms with E-state index in [1.165, 1.54) is 0 Å². The van der Waals surface area contributed by atoms with Gasteiger partial charge in [0.25, 0.3) is 0 Å². The lowest BCUT2D eigenvalue weighted by Crippen LogP contribution is -2.12. The van der Waals surface area contributed by atoms with Gasteiger partial charge in [-0.25, -0.2) is 13.6 Å². The lowest BCUT2D eigenvalue weighted by Gasteiger charge is -2.11. The van der Waals surface area contributed by atoms with E-state index in [-0.39, 0.29) is 6.10 Å². The monoisotopic (exact) mass is 236 g/mol. The number of hydrogen-bond donors (Lipinski definition) is 0. The molecule has 0 fully saturated rings. The molecule has 0 rings (SSSR count). The summed E-state index contributed by atoms with van der Waals surface area (Å²) >= 11 is 0. The van der Waals surface area contributed by atoms with Crippen molar-refractivity contribution in [2.24, 2.45) is 0 Å². The van der Waals surface area contributed by atoms with Gasteiger partial charge in [-0.15, -0.1) is 0 Å². The third-order valence-corrected chi connectivity index (χ3v) is 3.36. The lowest BCUT2D eigenvalue weighted by molar-refractivity contribution is -0.142. The van der Waals surface area contributed by atoms with Crippen LogP contribution in [0.1, 0.15) is 26.2 Å². The van der Waals surface area contributed by atoms with Crippen molar-refractivity contribution in [1.82, 2.24) is 0 Å². The van der Waals surface area contributed by atoms with Gasteiger partial charge in [0.2, 0.25) is 6.05 Å². The van der Waals surface area contributed by atoms with E-state index in [1.807, 2.05) is 0 Å². The molecule has 0 aliphatic rings. The van der Waals surface area contributed by atoms with Crippen molar-refractivity contribution >= 4 is 15.5 Å². The van der Waals surface area contributed by atoms with Crippen LogP contribution in [-0.2, 0) is 9.53 Å². The highest BCUT2D eigenvalue weighted by atomic mass is 28.2. The Hall–Kier alpha value is -0.713. The molecule has 0 spiro atoms. The first kappa shape index (κ1) is 14.3. The van der Waals surface area contributed by atoms with E-state index in [0.717, 1.165) is 25.3 Å². The van der Waals surface area contributed by atoms with Gasteiger partial charge in [-0.05, 0) is 13.3 Å². The highest BCUT2D eigenvalue weighted by Gasteiger charge is 2.07. The molecule has 0 amide bonds. The van der Waals surface area contributed by atoms with E-state index in [9.17, 15) is 13.6 Å². The third-order valence-electron chi connectivity index (χ3n) is 2.02. The Kier molecular flexibility index (Phi) is 8.18. The average Bonchev–Trinajstić information content (AvgIpc) is 2.16. The van der Waals surface area contributed by atoms with Crippen LogP contribution in [-0.4, -0.2) is 27.6 Å². The SMILES string of the molecule is C=CC(=O)OC(C)CCCC[SiH2]C(F)F. The van der Waals surface area contributed by atoms with Gasteiger partial charge in [0.15, 0.2) is 0 Å². The number of carbonyl (C=O) groups is 1. The highest BCUT2D eigenvalue weighted by molar-refractivity contribution is 6.36. The Balaban J connectivity index is 3.35. The Morgan fingerprint density at radius 1 is 1.53 bits per heavy atom. The zero-order valence-corrected chi connectivity index (χ0v) is 10.5. The van der Waals surface area contributed by atoms with Crippen LogP contribution in [0.4, 0.5) is 8.78 Å². The molecule has 2 nitrogen and oxygen atoms in total. The van der Waals surface area contributed by atoms with E-state index in [1.54, 1.807) is 6.92 Å². The molecule has 0 aliphatic heterocycles. The number of ether oxygens (including phenoxy) is 1. The number of carbonyl (C=O) groups excluding carboxylic acids is 1. The number of esters is 1. The molecule has 0 aromatic rings. The molecule has 0 aromatic heterocycles. The molecular weight excluding hydrogens is 218 g/mol. The number of halogens is 2. The number of unbranched alkanes of at least 4 members (excludes halogenated alkanes) is 1. The Bertz CT molecular complexity index is 198. The summed E-state index contributed by atoms with van der Waals surface area (Å²) in [5.41, 5.74) is 0. The molecule has 0 aromatic carbocycles. The lowest BCUT2D eigenvalue weighted by atomic mass is 10.2. The normalized spacial score (nSPS) is 13.3. The van der Waals surface area contributed by atoms with Crippen LogP contribution in [0.15, 0.2) is 12.7 Å². The first-order chi connectivity index (χ1) is 7.06. The summed E-state index contributed by atoms with van der Waals surface area (Å²) in [7, 11) is -1.18. The molecule has 5 heteroatoms. The summed E-state index contributed by atoms with van der Waals surface area (Å²) < 4.78 is 28.6. The van der Waals surface area contributed by atoms with Gasteiger partial charge in [0, 0.05) is 6.08 Å². The van der Waals surface area contributed by atoms with Crippen LogP contribution >= 0.6 is 0 Å². The van der Waals surface area contributed by atoms with E-state index in [2.05, 4.69) is 6.58 Å². The van der Waals surface area contributed by atoms with Crippen molar-refractivity contribution in [2.45, 2.75) is 44.4 Å². The second-order valence-corrected chi connectivity index (χ2v) is 5.38. The molecule has 0 heterocycles. The first-order valence-corrected chi connectivity index (χ1v) is 6.99. The van der Waals surface area contributed by atoms with Gasteiger partial charge in [-0.3, -0.25) is 0 Å². The number of hydrogen-bond acceptors (Lipinski definition) is 2. The summed E-state index contributed by atoms with van der Waals surface area (Å²) in [5, 5.41) is 0. The van der Waals surface area contributed by atoms with E-state index >= 15 is 0 Å². The molecule has 0 saturated carbocycles. The van der Waals surface area contributed by atoms with Crippen molar-refractivity contribution in [3.8, 4) is 0 Å². The van der Waals surface area contributed by atoms with Gasteiger partial charge in [-0.2, -0.15) is 0 Å². The van der Waals surface area contributed by atoms with Gasteiger partial charge >= 0.3 is 5.97 Å². The predicted octanol–water partition coefficient (Wildman–Crippen LogP) is 2.08. The van der Waals surface area contributed by atoms with Crippen LogP contribution in [0.25, 0.3) is 0 Å². The molecular formula is C10H18F2O2Si. The van der Waals surface area contributed by atoms with Crippen LogP contribution in [0.3, 0.4) is 0 Å². The molecule has 0 radical (unpaired) electrons. The maximum absolute atomic E-state index is 11.8. The molecule has 1 unspecified atom stereocenters. The van der Waals surface area contributed by atoms with E-state index in [0.29, 0.717) is 6.04 Å². The largest absolute Gasteiger partial charge is 0.460 e. The van der Waals surface area contributed by atoms with Gasteiger partial charge in [0.1, 0.15) is 9.52 Å². The summed E-state index contributed by atoms with van der Waals surface area (Å²) in [4.78, 5) is 10.8. The fourth-order valence-corrected chi connectivity index (χ4v) is 2.16. The van der Waals surface area contributed by atoms with Gasteiger partial charge in [-0.1, -0.05) is 25.5 Å². The van der Waals surface area contributed by atoms with Crippen molar-refractivity contribution in [1.29, 1.82) is 0 Å². The molecule has 88 valence electrons. The number of alkyl halides is 2. The highest BCUT2D eigenvalue weighted by Crippen LogP contribution is 2.08. The van der Waals surface area contributed by atoms with Crippen LogP contribution in [0.2, 0.25) is 6.04 Å². The molecule has 15 heavy (non-hydrogen) atoms. The number of rotatable bonds is 8. The summed E-state index contributed by atoms with van der Waals surface area (Å²) in [5.74, 6) is -0.426. The molecule has 0 aliphatic carbocycles. The Morgan fingerprint density at radius 3 is 2.73 bits per heavy atom. The first-order valence-electron chi connectivity index (χ1n) is 5.17. The van der Waals surface area contributed by atoms with Crippen LogP contribution < -0.4 is 0 Å². The fourth-order valence-electron chi connectivity index (χ4n) is 1.21. The zero-order chi connectivity index (χ0) is 11.7. The van der Waals surface area contributed by atoms with E-state index in [4.69, 9.17) is 4.74 Å². The van der Waals surface area contributed by atoms with Crippen LogP contribution in [0.5, 0.6) is 0 Å². The van der Waals surface area contributed by atoms with Gasteiger partial charge < -0.3 is 4.74 Å². The standard InChI is InChI=1S/C10H18F2O2Si/c1-3-9(13)14-8(2)6-4-5-7-15-10(11)12/h3,8,10H,1,4-7,15H2,2H3. The molecule has 1 atom stereocenters. The van der Waals surface area contributed by atoms with Crippen molar-refractivity contribution in [2.75, 3.05) is 0 Å². The second-order valence-electron chi connectivity index (χ2n) is 3.48. The van der Waals surface area contributed by atoms with Crippen molar-refractivity contribution in [3.63, 3.8) is 0 Å². The Morgan fingerprint density at radius 2 is 2.20 bits per heavy atom. The quantitative estimate of drug-likeness (QED) is 0.279. The smallest absolute Gasteiger partial charge is 0.330 e. The topological polar surface area (TPSA) is 26.3 Å². The molecule has 0 N–H and O–H groups in total. The summed E-state index contributed by atoms with van der Waals surface area (Å²) in [6.07, 6.45) is 3.36. The molecule has 0 saturated heterocycles. The summed E-state index contributed by atoms with van der Waals surface area (Å²) in [6, 6.07) is -1.40. The van der Waals surface area contributed by atoms with Crippen molar-refractivity contribution in [3.05, 3.63) is 12.7 Å². The molecule has 0 bridgehead atoms.